The van der Waals surface area contributed by atoms with Crippen molar-refractivity contribution in [3.05, 3.63) is 18.2 Å². The fourth-order valence-electron chi connectivity index (χ4n) is 3.56. The van der Waals surface area contributed by atoms with E-state index in [-0.39, 0.29) is 11.7 Å². The number of rotatable bonds is 4. The first-order valence-electron chi connectivity index (χ1n) is 7.95. The number of anilines is 1. The molecule has 1 unspecified atom stereocenters. The van der Waals surface area contributed by atoms with Gasteiger partial charge in [-0.15, -0.1) is 0 Å². The van der Waals surface area contributed by atoms with E-state index >= 15 is 0 Å². The Balaban J connectivity index is 1.56. The maximum absolute atomic E-state index is 6.32. The van der Waals surface area contributed by atoms with E-state index in [0.717, 1.165) is 12.2 Å². The number of nitrogens with two attached hydrogens (primary N) is 1. The van der Waals surface area contributed by atoms with Crippen molar-refractivity contribution in [1.29, 1.82) is 0 Å². The second kappa shape index (κ2) is 6.14. The first kappa shape index (κ1) is 14.5. The smallest absolute Gasteiger partial charge is 0.162 e. The van der Waals surface area contributed by atoms with E-state index < -0.39 is 0 Å². The highest BCUT2D eigenvalue weighted by Crippen LogP contribution is 2.42. The van der Waals surface area contributed by atoms with Gasteiger partial charge >= 0.3 is 0 Å². The van der Waals surface area contributed by atoms with Crippen LogP contribution in [0.4, 0.5) is 5.69 Å². The van der Waals surface area contributed by atoms with Gasteiger partial charge in [0.2, 0.25) is 0 Å². The predicted octanol–water partition coefficient (Wildman–Crippen LogP) is 3.54. The van der Waals surface area contributed by atoms with Crippen LogP contribution in [0.3, 0.4) is 0 Å². The van der Waals surface area contributed by atoms with E-state index in [0.29, 0.717) is 18.0 Å². The molecular weight excluding hydrogens is 266 g/mol. The van der Waals surface area contributed by atoms with Gasteiger partial charge in [-0.25, -0.2) is 0 Å². The zero-order valence-corrected chi connectivity index (χ0v) is 12.8. The summed E-state index contributed by atoms with van der Waals surface area (Å²) in [5, 5.41) is 0. The van der Waals surface area contributed by atoms with Crippen molar-refractivity contribution in [2.24, 2.45) is 0 Å². The van der Waals surface area contributed by atoms with Gasteiger partial charge in [0.05, 0.1) is 18.8 Å². The topological polar surface area (TPSA) is 53.7 Å². The van der Waals surface area contributed by atoms with Crippen LogP contribution in [0, 0.1) is 0 Å². The van der Waals surface area contributed by atoms with Crippen LogP contribution in [0.2, 0.25) is 0 Å². The molecule has 1 aliphatic carbocycles. The van der Waals surface area contributed by atoms with Crippen LogP contribution in [0.25, 0.3) is 0 Å². The van der Waals surface area contributed by atoms with E-state index in [1.807, 2.05) is 12.1 Å². The predicted molar refractivity (Wildman–Crippen MR) is 82.8 cm³/mol. The van der Waals surface area contributed by atoms with Crippen molar-refractivity contribution in [2.75, 3.05) is 19.5 Å². The van der Waals surface area contributed by atoms with Gasteiger partial charge in [0, 0.05) is 11.8 Å². The van der Waals surface area contributed by atoms with Gasteiger partial charge in [-0.3, -0.25) is 0 Å². The molecule has 3 rings (SSSR count). The number of nitrogen functional groups attached to an aromatic ring is 1. The largest absolute Gasteiger partial charge is 0.493 e. The molecule has 116 valence electrons. The van der Waals surface area contributed by atoms with Crippen molar-refractivity contribution in [3.8, 4) is 11.5 Å². The molecule has 1 saturated heterocycles. The summed E-state index contributed by atoms with van der Waals surface area (Å²) in [6.07, 6.45) is 8.87. The molecule has 0 aromatic heterocycles. The zero-order chi connectivity index (χ0) is 14.7. The van der Waals surface area contributed by atoms with Crippen molar-refractivity contribution >= 4 is 5.69 Å². The van der Waals surface area contributed by atoms with E-state index in [2.05, 4.69) is 0 Å². The van der Waals surface area contributed by atoms with E-state index in [1.54, 1.807) is 13.2 Å². The Morgan fingerprint density at radius 3 is 2.76 bits per heavy atom. The Hall–Kier alpha value is -1.42. The minimum atomic E-state index is 0.150. The molecule has 1 heterocycles. The van der Waals surface area contributed by atoms with Gasteiger partial charge in [-0.2, -0.15) is 0 Å². The third kappa shape index (κ3) is 3.26. The minimum Gasteiger partial charge on any atom is -0.493 e. The normalized spacial score (nSPS) is 24.1. The summed E-state index contributed by atoms with van der Waals surface area (Å²) in [6.45, 7) is 0.585. The third-order valence-corrected chi connectivity index (χ3v) is 4.72. The number of benzene rings is 1. The zero-order valence-electron chi connectivity index (χ0n) is 12.8. The maximum Gasteiger partial charge on any atom is 0.162 e. The molecule has 4 heteroatoms. The molecule has 0 radical (unpaired) electrons. The van der Waals surface area contributed by atoms with Gasteiger partial charge in [0.1, 0.15) is 6.61 Å². The fourth-order valence-corrected chi connectivity index (χ4v) is 3.56. The summed E-state index contributed by atoms with van der Waals surface area (Å²) in [5.41, 5.74) is 6.58. The summed E-state index contributed by atoms with van der Waals surface area (Å²) in [6, 6.07) is 5.48. The van der Waals surface area contributed by atoms with Crippen LogP contribution >= 0.6 is 0 Å². The quantitative estimate of drug-likeness (QED) is 0.862. The van der Waals surface area contributed by atoms with Crippen LogP contribution < -0.4 is 15.2 Å². The lowest BCUT2D eigenvalue weighted by atomic mass is 9.83. The second-order valence-electron chi connectivity index (χ2n) is 6.24. The van der Waals surface area contributed by atoms with Gasteiger partial charge < -0.3 is 19.9 Å². The Morgan fingerprint density at radius 2 is 2.00 bits per heavy atom. The first-order valence-corrected chi connectivity index (χ1v) is 7.95. The molecule has 1 spiro atoms. The molecular formula is C17H25NO3. The van der Waals surface area contributed by atoms with Gasteiger partial charge in [0.25, 0.3) is 0 Å². The molecule has 2 N–H and O–H groups in total. The molecule has 1 atom stereocenters. The lowest BCUT2D eigenvalue weighted by Gasteiger charge is -2.33. The fraction of sp³-hybridized carbons (Fsp3) is 0.647. The maximum atomic E-state index is 6.32. The van der Waals surface area contributed by atoms with Crippen molar-refractivity contribution in [1.82, 2.24) is 0 Å². The molecule has 0 amide bonds. The van der Waals surface area contributed by atoms with Gasteiger partial charge in [0.15, 0.2) is 11.5 Å². The van der Waals surface area contributed by atoms with Crippen molar-refractivity contribution in [3.63, 3.8) is 0 Å². The molecule has 1 aromatic rings. The average molecular weight is 291 g/mol. The molecule has 1 aromatic carbocycles. The van der Waals surface area contributed by atoms with E-state index in [4.69, 9.17) is 19.9 Å². The summed E-state index contributed by atoms with van der Waals surface area (Å²) < 4.78 is 17.5. The lowest BCUT2D eigenvalue weighted by Crippen LogP contribution is -2.32. The number of methoxy groups -OCH3 is 1. The van der Waals surface area contributed by atoms with Crippen molar-refractivity contribution in [2.45, 2.75) is 56.7 Å². The Morgan fingerprint density at radius 1 is 1.19 bits per heavy atom. The molecule has 2 fully saturated rings. The standard InChI is InChI=1S/C17H25NO3/c1-19-16-11-13(18)5-6-15(16)20-12-14-7-10-17(21-14)8-3-2-4-9-17/h5-6,11,14H,2-4,7-10,12,18H2,1H3. The molecule has 1 saturated carbocycles. The van der Waals surface area contributed by atoms with Crippen LogP contribution in [-0.2, 0) is 4.74 Å². The highest BCUT2D eigenvalue weighted by atomic mass is 16.6. The summed E-state index contributed by atoms with van der Waals surface area (Å²) >= 11 is 0. The van der Waals surface area contributed by atoms with E-state index in [9.17, 15) is 0 Å². The van der Waals surface area contributed by atoms with Gasteiger partial charge in [-0.05, 0) is 37.8 Å². The monoisotopic (exact) mass is 291 g/mol. The van der Waals surface area contributed by atoms with Crippen molar-refractivity contribution < 1.29 is 14.2 Å². The third-order valence-electron chi connectivity index (χ3n) is 4.72. The van der Waals surface area contributed by atoms with E-state index in [1.165, 1.54) is 38.5 Å². The summed E-state index contributed by atoms with van der Waals surface area (Å²) in [4.78, 5) is 0. The number of ether oxygens (including phenoxy) is 3. The Labute approximate surface area is 126 Å². The molecule has 2 aliphatic rings. The molecule has 1 aliphatic heterocycles. The SMILES string of the molecule is COc1cc(N)ccc1OCC1CCC2(CCCCC2)O1. The molecule has 0 bridgehead atoms. The van der Waals surface area contributed by atoms with Crippen LogP contribution in [0.5, 0.6) is 11.5 Å². The number of hydrogen-bond donors (Lipinski definition) is 1. The lowest BCUT2D eigenvalue weighted by molar-refractivity contribution is -0.0749. The molecule has 21 heavy (non-hydrogen) atoms. The minimum absolute atomic E-state index is 0.150. The van der Waals surface area contributed by atoms with Crippen LogP contribution in [0.1, 0.15) is 44.9 Å². The average Bonchev–Trinajstić information content (AvgIpc) is 2.89. The van der Waals surface area contributed by atoms with Crippen LogP contribution in [0.15, 0.2) is 18.2 Å². The number of hydrogen-bond acceptors (Lipinski definition) is 4. The summed E-state index contributed by atoms with van der Waals surface area (Å²) in [5.74, 6) is 1.42. The Kier molecular flexibility index (Phi) is 4.24. The second-order valence-corrected chi connectivity index (χ2v) is 6.24. The Bertz CT molecular complexity index is 483. The summed E-state index contributed by atoms with van der Waals surface area (Å²) in [7, 11) is 1.63. The van der Waals surface area contributed by atoms with Gasteiger partial charge in [-0.1, -0.05) is 19.3 Å². The van der Waals surface area contributed by atoms with Crippen LogP contribution in [-0.4, -0.2) is 25.4 Å². The highest BCUT2D eigenvalue weighted by molar-refractivity contribution is 5.51. The first-order chi connectivity index (χ1) is 10.2. The highest BCUT2D eigenvalue weighted by Gasteiger charge is 2.40. The molecule has 4 nitrogen and oxygen atoms in total.